The summed E-state index contributed by atoms with van der Waals surface area (Å²) in [6.45, 7) is 1.95. The molecule has 0 aliphatic heterocycles. The van der Waals surface area contributed by atoms with Gasteiger partial charge in [0.1, 0.15) is 6.29 Å². The van der Waals surface area contributed by atoms with Crippen LogP contribution in [-0.4, -0.2) is 26.8 Å². The van der Waals surface area contributed by atoms with E-state index in [4.69, 9.17) is 14.2 Å². The van der Waals surface area contributed by atoms with Gasteiger partial charge >= 0.3 is 0 Å². The Morgan fingerprint density at radius 1 is 1.31 bits per heavy atom. The highest BCUT2D eigenvalue weighted by Crippen LogP contribution is 2.28. The highest BCUT2D eigenvalue weighted by Gasteiger charge is 2.11. The maximum absolute atomic E-state index is 10.7. The van der Waals surface area contributed by atoms with Crippen LogP contribution in [0.5, 0.6) is 11.5 Å². The molecule has 0 radical (unpaired) electrons. The molecule has 0 saturated heterocycles. The summed E-state index contributed by atoms with van der Waals surface area (Å²) in [5.41, 5.74) is 0.543. The van der Waals surface area contributed by atoms with Gasteiger partial charge < -0.3 is 14.2 Å². The number of carbonyl (C=O) groups excluding carboxylic acids is 1. The van der Waals surface area contributed by atoms with Gasteiger partial charge in [-0.15, -0.1) is 0 Å². The maximum Gasteiger partial charge on any atom is 0.199 e. The van der Waals surface area contributed by atoms with E-state index in [1.54, 1.807) is 32.4 Å². The van der Waals surface area contributed by atoms with Gasteiger partial charge in [-0.3, -0.25) is 4.79 Å². The lowest BCUT2D eigenvalue weighted by atomic mass is 10.2. The minimum atomic E-state index is -0.337. The number of hydrogen-bond acceptors (Lipinski definition) is 4. The van der Waals surface area contributed by atoms with E-state index in [0.29, 0.717) is 23.5 Å². The van der Waals surface area contributed by atoms with Crippen molar-refractivity contribution in [1.82, 2.24) is 0 Å². The van der Waals surface area contributed by atoms with Crippen molar-refractivity contribution in [3.8, 4) is 11.5 Å². The third-order valence-corrected chi connectivity index (χ3v) is 2.18. The standard InChI is InChI=1S/C12H16O4/c1-4-12(15-3)16-11-7-9(8-13)5-6-10(11)14-2/h5-8,12H,4H2,1-3H3. The molecule has 1 rings (SSSR count). The summed E-state index contributed by atoms with van der Waals surface area (Å²) in [6, 6.07) is 5.00. The average molecular weight is 224 g/mol. The molecule has 0 spiro atoms. The van der Waals surface area contributed by atoms with Gasteiger partial charge in [0.15, 0.2) is 17.8 Å². The van der Waals surface area contributed by atoms with Crippen LogP contribution in [0.15, 0.2) is 18.2 Å². The maximum atomic E-state index is 10.7. The van der Waals surface area contributed by atoms with Gasteiger partial charge in [-0.05, 0) is 18.2 Å². The molecule has 0 aliphatic carbocycles. The molecular formula is C12H16O4. The van der Waals surface area contributed by atoms with Crippen molar-refractivity contribution in [3.63, 3.8) is 0 Å². The number of rotatable bonds is 6. The van der Waals surface area contributed by atoms with Crippen LogP contribution in [0.4, 0.5) is 0 Å². The molecule has 0 fully saturated rings. The van der Waals surface area contributed by atoms with E-state index in [9.17, 15) is 4.79 Å². The zero-order valence-corrected chi connectivity index (χ0v) is 9.73. The largest absolute Gasteiger partial charge is 0.493 e. The first kappa shape index (κ1) is 12.5. The molecule has 4 heteroatoms. The van der Waals surface area contributed by atoms with E-state index >= 15 is 0 Å². The summed E-state index contributed by atoms with van der Waals surface area (Å²) >= 11 is 0. The second-order valence-corrected chi connectivity index (χ2v) is 3.22. The van der Waals surface area contributed by atoms with Crippen LogP contribution in [-0.2, 0) is 4.74 Å². The molecule has 1 unspecified atom stereocenters. The molecule has 1 aromatic rings. The highest BCUT2D eigenvalue weighted by molar-refractivity contribution is 5.76. The summed E-state index contributed by atoms with van der Waals surface area (Å²) in [7, 11) is 3.13. The van der Waals surface area contributed by atoms with E-state index in [0.717, 1.165) is 6.29 Å². The second-order valence-electron chi connectivity index (χ2n) is 3.22. The fraction of sp³-hybridized carbons (Fsp3) is 0.417. The first-order valence-corrected chi connectivity index (χ1v) is 5.07. The molecule has 0 saturated carbocycles. The van der Waals surface area contributed by atoms with Crippen LogP contribution in [0.3, 0.4) is 0 Å². The molecule has 16 heavy (non-hydrogen) atoms. The molecule has 1 atom stereocenters. The Labute approximate surface area is 95.1 Å². The summed E-state index contributed by atoms with van der Waals surface area (Å²) in [5.74, 6) is 1.10. The fourth-order valence-corrected chi connectivity index (χ4v) is 1.30. The third-order valence-electron chi connectivity index (χ3n) is 2.18. The Hall–Kier alpha value is -1.55. The van der Waals surface area contributed by atoms with E-state index in [1.165, 1.54) is 0 Å². The zero-order chi connectivity index (χ0) is 12.0. The molecule has 0 aromatic heterocycles. The Morgan fingerprint density at radius 2 is 2.06 bits per heavy atom. The van der Waals surface area contributed by atoms with Gasteiger partial charge in [0.25, 0.3) is 0 Å². The first-order valence-electron chi connectivity index (χ1n) is 5.07. The van der Waals surface area contributed by atoms with Crippen LogP contribution in [0.2, 0.25) is 0 Å². The van der Waals surface area contributed by atoms with Crippen LogP contribution in [0.1, 0.15) is 23.7 Å². The van der Waals surface area contributed by atoms with Gasteiger partial charge in [0.05, 0.1) is 7.11 Å². The number of carbonyl (C=O) groups is 1. The smallest absolute Gasteiger partial charge is 0.199 e. The summed E-state index contributed by atoms with van der Waals surface area (Å²) < 4.78 is 15.8. The second kappa shape index (κ2) is 6.12. The van der Waals surface area contributed by atoms with Gasteiger partial charge in [-0.2, -0.15) is 0 Å². The van der Waals surface area contributed by atoms with Crippen LogP contribution in [0.25, 0.3) is 0 Å². The molecule has 0 aliphatic rings. The van der Waals surface area contributed by atoms with Crippen molar-refractivity contribution in [1.29, 1.82) is 0 Å². The number of hydrogen-bond donors (Lipinski definition) is 0. The molecule has 0 amide bonds. The molecular weight excluding hydrogens is 208 g/mol. The minimum absolute atomic E-state index is 0.337. The molecule has 0 N–H and O–H groups in total. The predicted molar refractivity (Wildman–Crippen MR) is 60.1 cm³/mol. The lowest BCUT2D eigenvalue weighted by Gasteiger charge is -2.17. The average Bonchev–Trinajstić information content (AvgIpc) is 2.35. The van der Waals surface area contributed by atoms with Crippen LogP contribution in [0, 0.1) is 0 Å². The van der Waals surface area contributed by atoms with E-state index < -0.39 is 0 Å². The third kappa shape index (κ3) is 2.97. The molecule has 4 nitrogen and oxygen atoms in total. The summed E-state index contributed by atoms with van der Waals surface area (Å²) in [5, 5.41) is 0. The number of methoxy groups -OCH3 is 2. The predicted octanol–water partition coefficient (Wildman–Crippen LogP) is 2.27. The van der Waals surface area contributed by atoms with Gasteiger partial charge in [-0.1, -0.05) is 6.92 Å². The van der Waals surface area contributed by atoms with E-state index in [1.807, 2.05) is 6.92 Å². The van der Waals surface area contributed by atoms with E-state index in [2.05, 4.69) is 0 Å². The van der Waals surface area contributed by atoms with Crippen LogP contribution >= 0.6 is 0 Å². The topological polar surface area (TPSA) is 44.8 Å². The zero-order valence-electron chi connectivity index (χ0n) is 9.73. The van der Waals surface area contributed by atoms with Crippen molar-refractivity contribution >= 4 is 6.29 Å². The molecule has 88 valence electrons. The first-order chi connectivity index (χ1) is 7.74. The highest BCUT2D eigenvalue weighted by atomic mass is 16.7. The fourth-order valence-electron chi connectivity index (χ4n) is 1.30. The van der Waals surface area contributed by atoms with Crippen molar-refractivity contribution < 1.29 is 19.0 Å². The van der Waals surface area contributed by atoms with Crippen molar-refractivity contribution in [2.45, 2.75) is 19.6 Å². The van der Waals surface area contributed by atoms with Crippen molar-refractivity contribution in [2.24, 2.45) is 0 Å². The van der Waals surface area contributed by atoms with Crippen molar-refractivity contribution in [3.05, 3.63) is 23.8 Å². The Morgan fingerprint density at radius 3 is 2.56 bits per heavy atom. The van der Waals surface area contributed by atoms with Crippen LogP contribution < -0.4 is 9.47 Å². The molecule has 0 heterocycles. The normalized spacial score (nSPS) is 11.9. The SMILES string of the molecule is CCC(OC)Oc1cc(C=O)ccc1OC. The van der Waals surface area contributed by atoms with E-state index in [-0.39, 0.29) is 6.29 Å². The number of benzene rings is 1. The number of aldehydes is 1. The lowest BCUT2D eigenvalue weighted by molar-refractivity contribution is -0.0559. The Bertz CT molecular complexity index is 345. The lowest BCUT2D eigenvalue weighted by Crippen LogP contribution is -2.17. The minimum Gasteiger partial charge on any atom is -0.493 e. The van der Waals surface area contributed by atoms with Gasteiger partial charge in [-0.25, -0.2) is 0 Å². The quantitative estimate of drug-likeness (QED) is 0.549. The monoisotopic (exact) mass is 224 g/mol. The summed E-state index contributed by atoms with van der Waals surface area (Å²) in [4.78, 5) is 10.7. The molecule has 0 bridgehead atoms. The Balaban J connectivity index is 2.94. The summed E-state index contributed by atoms with van der Waals surface area (Å²) in [6.07, 6.45) is 1.14. The van der Waals surface area contributed by atoms with Crippen molar-refractivity contribution in [2.75, 3.05) is 14.2 Å². The Kier molecular flexibility index (Phi) is 4.79. The number of ether oxygens (including phenoxy) is 3. The molecule has 1 aromatic carbocycles. The van der Waals surface area contributed by atoms with Gasteiger partial charge in [0.2, 0.25) is 0 Å². The van der Waals surface area contributed by atoms with Gasteiger partial charge in [0, 0.05) is 19.1 Å².